The quantitative estimate of drug-likeness (QED) is 0.0870. The molecule has 0 radical (unpaired) electrons. The van der Waals surface area contributed by atoms with Gasteiger partial charge in [-0.05, 0) is 92.4 Å². The Hall–Kier alpha value is -4.20. The normalized spacial score (nSPS) is 13.6. The molecule has 238 valence electrons. The lowest BCUT2D eigenvalue weighted by atomic mass is 9.81. The lowest BCUT2D eigenvalue weighted by molar-refractivity contribution is -0.438. The van der Waals surface area contributed by atoms with Crippen molar-refractivity contribution in [3.05, 3.63) is 124 Å². The van der Waals surface area contributed by atoms with Gasteiger partial charge in [-0.15, -0.1) is 0 Å². The van der Waals surface area contributed by atoms with Gasteiger partial charge < -0.3 is 21.1 Å². The first-order chi connectivity index (χ1) is 22.3. The fraction of sp³-hybridized carbons (Fsp3) is 0.282. The van der Waals surface area contributed by atoms with Gasteiger partial charge >= 0.3 is 0 Å². The van der Waals surface area contributed by atoms with Crippen molar-refractivity contribution in [1.29, 1.82) is 0 Å². The second-order valence-corrected chi connectivity index (χ2v) is 13.1. The van der Waals surface area contributed by atoms with Crippen molar-refractivity contribution in [1.82, 2.24) is 5.32 Å². The highest BCUT2D eigenvalue weighted by atomic mass is 79.9. The molecule has 0 unspecified atom stereocenters. The van der Waals surface area contributed by atoms with E-state index >= 15 is 0 Å². The van der Waals surface area contributed by atoms with Gasteiger partial charge in [0.15, 0.2) is 5.71 Å². The molecule has 7 heteroatoms. The lowest BCUT2D eigenvalue weighted by Crippen LogP contribution is -2.28. The van der Waals surface area contributed by atoms with Gasteiger partial charge in [0, 0.05) is 59.5 Å². The van der Waals surface area contributed by atoms with Gasteiger partial charge in [0.2, 0.25) is 11.6 Å². The number of hydrogen-bond donors (Lipinski definition) is 3. The Labute approximate surface area is 281 Å². The molecule has 0 saturated heterocycles. The predicted molar refractivity (Wildman–Crippen MR) is 193 cm³/mol. The Bertz CT molecular complexity index is 1660. The maximum Gasteiger partial charge on any atom is 0.220 e. The summed E-state index contributed by atoms with van der Waals surface area (Å²) in [5.74, 6) is 0.926. The zero-order valence-electron chi connectivity index (χ0n) is 26.8. The van der Waals surface area contributed by atoms with Crippen LogP contribution >= 0.6 is 15.9 Å². The molecule has 1 aliphatic heterocycles. The number of nitrogens with one attached hydrogen (secondary N) is 2. The van der Waals surface area contributed by atoms with E-state index in [1.165, 1.54) is 17.0 Å². The molecule has 0 spiro atoms. The Morgan fingerprint density at radius 1 is 0.891 bits per heavy atom. The van der Waals surface area contributed by atoms with Crippen LogP contribution in [-0.2, 0) is 16.8 Å². The number of allylic oxidation sites excluding steroid dienone is 1. The summed E-state index contributed by atoms with van der Waals surface area (Å²) in [6, 6.07) is 33.4. The molecule has 1 heterocycles. The van der Waals surface area contributed by atoms with E-state index in [1.54, 1.807) is 0 Å². The summed E-state index contributed by atoms with van der Waals surface area (Å²) in [5, 5.41) is 6.43. The summed E-state index contributed by atoms with van der Waals surface area (Å²) < 4.78 is 9.54. The molecule has 0 bridgehead atoms. The van der Waals surface area contributed by atoms with Crippen LogP contribution in [0.2, 0.25) is 0 Å². The summed E-state index contributed by atoms with van der Waals surface area (Å²) in [6.07, 6.45) is 7.83. The summed E-state index contributed by atoms with van der Waals surface area (Å²) in [6.45, 7) is 7.02. The lowest BCUT2D eigenvalue weighted by Gasteiger charge is -2.17. The first kappa shape index (κ1) is 33.2. The number of halogens is 1. The minimum atomic E-state index is -0.198. The Morgan fingerprint density at radius 2 is 1.65 bits per heavy atom. The highest BCUT2D eigenvalue weighted by molar-refractivity contribution is 9.10. The molecule has 1 aliphatic rings. The second-order valence-electron chi connectivity index (χ2n) is 12.2. The zero-order chi connectivity index (χ0) is 32.4. The monoisotopic (exact) mass is 679 g/mol. The van der Waals surface area contributed by atoms with Crippen molar-refractivity contribution in [2.45, 2.75) is 51.6 Å². The van der Waals surface area contributed by atoms with Crippen molar-refractivity contribution in [3.63, 3.8) is 0 Å². The Balaban J connectivity index is 1.31. The van der Waals surface area contributed by atoms with E-state index in [0.717, 1.165) is 58.5 Å². The van der Waals surface area contributed by atoms with Crippen molar-refractivity contribution in [3.8, 4) is 5.75 Å². The van der Waals surface area contributed by atoms with E-state index in [-0.39, 0.29) is 11.3 Å². The van der Waals surface area contributed by atoms with E-state index in [2.05, 4.69) is 112 Å². The molecule has 1 amide bonds. The standard InChI is InChI=1S/C39H43BrN4O2/c1-39(2)35-27-33(43-32-9-5-3-6-10-32)19-22-36(35)44(26-8-4-7-11-38(45)42-25-24-41)37(39)23-16-29-14-20-34(21-15-29)46-28-30-12-17-31(40)18-13-30/h3,5-6,9-10,12-23,27,43H,4,7-8,11,24-26,28,41H2,1-2H3/p+1/b23-16+. The van der Waals surface area contributed by atoms with Crippen LogP contribution in [0.15, 0.2) is 108 Å². The van der Waals surface area contributed by atoms with Crippen LogP contribution in [0, 0.1) is 0 Å². The van der Waals surface area contributed by atoms with Gasteiger partial charge in [0.05, 0.1) is 5.41 Å². The molecular formula is C39H44BrN4O2+. The van der Waals surface area contributed by atoms with Crippen molar-refractivity contribution < 1.29 is 14.1 Å². The average Bonchev–Trinajstić information content (AvgIpc) is 3.27. The van der Waals surface area contributed by atoms with Gasteiger partial charge in [-0.1, -0.05) is 58.4 Å². The molecule has 0 fully saturated rings. The number of anilines is 2. The zero-order valence-corrected chi connectivity index (χ0v) is 28.4. The second kappa shape index (κ2) is 15.9. The van der Waals surface area contributed by atoms with E-state index < -0.39 is 0 Å². The van der Waals surface area contributed by atoms with Gasteiger partial charge in [-0.3, -0.25) is 4.79 Å². The van der Waals surface area contributed by atoms with Crippen LogP contribution in [0.25, 0.3) is 6.08 Å². The molecule has 46 heavy (non-hydrogen) atoms. The molecule has 0 atom stereocenters. The number of ether oxygens (including phenoxy) is 1. The number of fused-ring (bicyclic) bond motifs is 1. The predicted octanol–water partition coefficient (Wildman–Crippen LogP) is 8.50. The number of para-hydroxylation sites is 1. The minimum absolute atomic E-state index is 0.0801. The third-order valence-corrected chi connectivity index (χ3v) is 8.87. The number of carbonyl (C=O) groups excluding carboxylic acids is 1. The number of rotatable bonds is 15. The first-order valence-electron chi connectivity index (χ1n) is 16.1. The number of unbranched alkanes of at least 4 members (excludes halogenated alkanes) is 2. The molecule has 4 aromatic rings. The number of carbonyl (C=O) groups is 1. The van der Waals surface area contributed by atoms with Gasteiger partial charge in [0.25, 0.3) is 0 Å². The van der Waals surface area contributed by atoms with Crippen molar-refractivity contribution in [2.75, 3.05) is 25.0 Å². The summed E-state index contributed by atoms with van der Waals surface area (Å²) in [4.78, 5) is 12.0. The van der Waals surface area contributed by atoms with Crippen molar-refractivity contribution >= 4 is 50.7 Å². The number of nitrogens with two attached hydrogens (primary N) is 1. The largest absolute Gasteiger partial charge is 0.489 e. The third-order valence-electron chi connectivity index (χ3n) is 8.34. The van der Waals surface area contributed by atoms with E-state index in [4.69, 9.17) is 10.5 Å². The summed E-state index contributed by atoms with van der Waals surface area (Å²) in [7, 11) is 0. The Kier molecular flexibility index (Phi) is 11.4. The van der Waals surface area contributed by atoms with Gasteiger partial charge in [-0.2, -0.15) is 4.58 Å². The highest BCUT2D eigenvalue weighted by Gasteiger charge is 2.44. The highest BCUT2D eigenvalue weighted by Crippen LogP contribution is 2.42. The molecule has 4 N–H and O–H groups in total. The van der Waals surface area contributed by atoms with Crippen LogP contribution in [0.3, 0.4) is 0 Å². The smallest absolute Gasteiger partial charge is 0.220 e. The summed E-state index contributed by atoms with van der Waals surface area (Å²) in [5.41, 5.74) is 13.5. The molecule has 0 aromatic heterocycles. The number of benzene rings is 4. The van der Waals surface area contributed by atoms with E-state index in [9.17, 15) is 4.79 Å². The van der Waals surface area contributed by atoms with Gasteiger partial charge in [-0.25, -0.2) is 0 Å². The number of nitrogens with zero attached hydrogens (tertiary/aromatic N) is 1. The molecule has 0 saturated carbocycles. The molecule has 0 aliphatic carbocycles. The number of amides is 1. The van der Waals surface area contributed by atoms with Crippen LogP contribution < -0.4 is 21.1 Å². The van der Waals surface area contributed by atoms with E-state index in [1.807, 2.05) is 42.5 Å². The molecule has 6 nitrogen and oxygen atoms in total. The van der Waals surface area contributed by atoms with E-state index in [0.29, 0.717) is 26.1 Å². The van der Waals surface area contributed by atoms with Crippen LogP contribution in [-0.4, -0.2) is 35.8 Å². The van der Waals surface area contributed by atoms with Crippen molar-refractivity contribution in [2.24, 2.45) is 5.73 Å². The maximum atomic E-state index is 12.0. The average molecular weight is 681 g/mol. The maximum absolute atomic E-state index is 12.0. The third kappa shape index (κ3) is 8.74. The minimum Gasteiger partial charge on any atom is -0.489 e. The molecule has 4 aromatic carbocycles. The topological polar surface area (TPSA) is 79.4 Å². The fourth-order valence-electron chi connectivity index (χ4n) is 5.81. The van der Waals surface area contributed by atoms with Crippen LogP contribution in [0.5, 0.6) is 5.75 Å². The van der Waals surface area contributed by atoms with Gasteiger partial charge in [0.1, 0.15) is 18.9 Å². The molecular weight excluding hydrogens is 636 g/mol. The SMILES string of the molecule is CC1(C)C(/C=C/c2ccc(OCc3ccc(Br)cc3)cc2)=[N+](CCCCCC(=O)NCCN)c2ccc(Nc3ccccc3)cc21. The Morgan fingerprint density at radius 3 is 2.39 bits per heavy atom. The summed E-state index contributed by atoms with van der Waals surface area (Å²) >= 11 is 3.48. The number of hydrogen-bond acceptors (Lipinski definition) is 4. The fourth-order valence-corrected chi connectivity index (χ4v) is 6.08. The van der Waals surface area contributed by atoms with Crippen LogP contribution in [0.4, 0.5) is 17.1 Å². The molecule has 5 rings (SSSR count). The first-order valence-corrected chi connectivity index (χ1v) is 16.9. The van der Waals surface area contributed by atoms with Crippen LogP contribution in [0.1, 0.15) is 56.2 Å².